The number of pyridine rings is 1. The minimum Gasteiger partial charge on any atom is -0.493 e. The average Bonchev–Trinajstić information content (AvgIpc) is 2.98. The summed E-state index contributed by atoms with van der Waals surface area (Å²) in [5.41, 5.74) is 7.31. The summed E-state index contributed by atoms with van der Waals surface area (Å²) in [4.78, 5) is 7.65. The van der Waals surface area contributed by atoms with Crippen LogP contribution in [0.1, 0.15) is 53.4 Å². The van der Waals surface area contributed by atoms with E-state index < -0.39 is 0 Å². The number of hydrogen-bond acceptors (Lipinski definition) is 4. The molecule has 4 nitrogen and oxygen atoms in total. The zero-order chi connectivity index (χ0) is 27.5. The molecular weight excluding hydrogens is 480 g/mol. The predicted molar refractivity (Wildman–Crippen MR) is 165 cm³/mol. The molecule has 0 bridgehead atoms. The second-order valence-corrected chi connectivity index (χ2v) is 9.73. The summed E-state index contributed by atoms with van der Waals surface area (Å²) in [6.45, 7) is 11.9. The van der Waals surface area contributed by atoms with Gasteiger partial charge in [-0.2, -0.15) is 0 Å². The van der Waals surface area contributed by atoms with Crippen LogP contribution < -0.4 is 14.4 Å². The number of hydrogen-bond donors (Lipinski definition) is 0. The van der Waals surface area contributed by atoms with Crippen LogP contribution in [0.15, 0.2) is 84.9 Å². The summed E-state index contributed by atoms with van der Waals surface area (Å²) in [6.07, 6.45) is 4.83. The summed E-state index contributed by atoms with van der Waals surface area (Å²) in [6, 6.07) is 29.6. The molecule has 4 rings (SSSR count). The molecule has 1 heterocycles. The Bertz CT molecular complexity index is 1240. The highest BCUT2D eigenvalue weighted by molar-refractivity contribution is 5.80. The van der Waals surface area contributed by atoms with Crippen molar-refractivity contribution in [2.24, 2.45) is 0 Å². The molecular formula is C35H42N2O2. The zero-order valence-electron chi connectivity index (χ0n) is 24.0. The first kappa shape index (κ1) is 28.2. The highest BCUT2D eigenvalue weighted by atomic mass is 16.5. The molecule has 204 valence electrons. The number of aromatic nitrogens is 1. The summed E-state index contributed by atoms with van der Waals surface area (Å²) in [5.74, 6) is 1.68. The first-order chi connectivity index (χ1) is 19.2. The number of benzene rings is 3. The molecule has 4 heteroatoms. The third kappa shape index (κ3) is 7.20. The van der Waals surface area contributed by atoms with Crippen LogP contribution >= 0.6 is 0 Å². The second kappa shape index (κ2) is 14.4. The number of ether oxygens (including phenoxy) is 2. The van der Waals surface area contributed by atoms with Crippen LogP contribution in [0, 0.1) is 0 Å². The molecule has 1 aromatic heterocycles. The Labute approximate surface area is 234 Å². The number of anilines is 1. The maximum absolute atomic E-state index is 5.98. The van der Waals surface area contributed by atoms with Gasteiger partial charge in [-0.25, -0.2) is 4.98 Å². The highest BCUT2D eigenvalue weighted by Crippen LogP contribution is 2.37. The van der Waals surface area contributed by atoms with Gasteiger partial charge in [0.15, 0.2) is 0 Å². The fourth-order valence-electron chi connectivity index (χ4n) is 4.83. The van der Waals surface area contributed by atoms with E-state index in [2.05, 4.69) is 67.3 Å². The zero-order valence-corrected chi connectivity index (χ0v) is 24.0. The van der Waals surface area contributed by atoms with E-state index >= 15 is 0 Å². The molecule has 0 saturated heterocycles. The van der Waals surface area contributed by atoms with E-state index in [1.54, 1.807) is 0 Å². The Kier molecular flexibility index (Phi) is 10.4. The van der Waals surface area contributed by atoms with Crippen molar-refractivity contribution in [3.05, 3.63) is 84.9 Å². The Hall–Kier alpha value is -3.79. The fourth-order valence-corrected chi connectivity index (χ4v) is 4.83. The van der Waals surface area contributed by atoms with Crippen LogP contribution in [-0.4, -0.2) is 31.3 Å². The van der Waals surface area contributed by atoms with Crippen molar-refractivity contribution in [3.63, 3.8) is 0 Å². The standard InChI is InChI=1S/C35H42N2O2/c1-5-9-23-37(24-10-6-2)29-21-19-27(20-22-29)28-25-32(30-15-11-13-17-34(30)38-7-3)36-33(26-28)31-16-12-14-18-35(31)39-8-4/h11-22,25-26H,5-10,23-24H2,1-4H3. The average molecular weight is 523 g/mol. The molecule has 0 aliphatic carbocycles. The SMILES string of the molecule is CCCCN(CCCC)c1ccc(-c2cc(-c3ccccc3OCC)nc(-c3ccccc3OCC)c2)cc1. The van der Waals surface area contributed by atoms with Crippen LogP contribution in [0.5, 0.6) is 11.5 Å². The second-order valence-electron chi connectivity index (χ2n) is 9.73. The van der Waals surface area contributed by atoms with E-state index in [1.165, 1.54) is 31.4 Å². The summed E-state index contributed by atoms with van der Waals surface area (Å²) >= 11 is 0. The lowest BCUT2D eigenvalue weighted by Crippen LogP contribution is -2.25. The molecule has 4 aromatic rings. The van der Waals surface area contributed by atoms with Gasteiger partial charge in [-0.15, -0.1) is 0 Å². The Morgan fingerprint density at radius 1 is 0.590 bits per heavy atom. The van der Waals surface area contributed by atoms with Gasteiger partial charge in [0, 0.05) is 29.9 Å². The summed E-state index contributed by atoms with van der Waals surface area (Å²) in [7, 11) is 0. The Morgan fingerprint density at radius 3 is 1.54 bits per heavy atom. The molecule has 0 spiro atoms. The minimum atomic E-state index is 0.602. The van der Waals surface area contributed by atoms with E-state index in [0.717, 1.165) is 58.2 Å². The van der Waals surface area contributed by atoms with Gasteiger partial charge < -0.3 is 14.4 Å². The van der Waals surface area contributed by atoms with E-state index in [1.807, 2.05) is 50.2 Å². The Morgan fingerprint density at radius 2 is 1.08 bits per heavy atom. The van der Waals surface area contributed by atoms with Gasteiger partial charge >= 0.3 is 0 Å². The third-order valence-corrected chi connectivity index (χ3v) is 6.88. The van der Waals surface area contributed by atoms with Crippen molar-refractivity contribution >= 4 is 5.69 Å². The quantitative estimate of drug-likeness (QED) is 0.165. The monoisotopic (exact) mass is 522 g/mol. The summed E-state index contributed by atoms with van der Waals surface area (Å²) in [5, 5.41) is 0. The van der Waals surface area contributed by atoms with Gasteiger partial charge in [0.05, 0.1) is 24.6 Å². The lowest BCUT2D eigenvalue weighted by molar-refractivity contribution is 0.341. The van der Waals surface area contributed by atoms with E-state index in [9.17, 15) is 0 Å². The predicted octanol–water partition coefficient (Wildman–Crippen LogP) is 9.29. The fraction of sp³-hybridized carbons (Fsp3) is 0.343. The lowest BCUT2D eigenvalue weighted by Gasteiger charge is -2.25. The van der Waals surface area contributed by atoms with Crippen molar-refractivity contribution < 1.29 is 9.47 Å². The first-order valence-corrected chi connectivity index (χ1v) is 14.5. The van der Waals surface area contributed by atoms with E-state index in [4.69, 9.17) is 14.5 Å². The molecule has 0 aliphatic heterocycles. The first-order valence-electron chi connectivity index (χ1n) is 14.5. The van der Waals surface area contributed by atoms with Gasteiger partial charge in [0.2, 0.25) is 0 Å². The molecule has 39 heavy (non-hydrogen) atoms. The van der Waals surface area contributed by atoms with E-state index in [-0.39, 0.29) is 0 Å². The van der Waals surface area contributed by atoms with Crippen molar-refractivity contribution in [2.45, 2.75) is 53.4 Å². The van der Waals surface area contributed by atoms with Gasteiger partial charge in [-0.3, -0.25) is 0 Å². The van der Waals surface area contributed by atoms with Crippen molar-refractivity contribution in [2.75, 3.05) is 31.2 Å². The van der Waals surface area contributed by atoms with Gasteiger partial charge in [-0.1, -0.05) is 63.1 Å². The van der Waals surface area contributed by atoms with Crippen LogP contribution in [0.2, 0.25) is 0 Å². The van der Waals surface area contributed by atoms with Crippen molar-refractivity contribution in [3.8, 4) is 45.1 Å². The largest absolute Gasteiger partial charge is 0.493 e. The number of rotatable bonds is 14. The normalized spacial score (nSPS) is 10.9. The Balaban J connectivity index is 1.80. The topological polar surface area (TPSA) is 34.6 Å². The molecule has 0 unspecified atom stereocenters. The van der Waals surface area contributed by atoms with E-state index in [0.29, 0.717) is 13.2 Å². The molecule has 0 radical (unpaired) electrons. The van der Waals surface area contributed by atoms with Crippen LogP contribution in [0.25, 0.3) is 33.6 Å². The highest BCUT2D eigenvalue weighted by Gasteiger charge is 2.15. The molecule has 3 aromatic carbocycles. The molecule has 0 aliphatic rings. The maximum atomic E-state index is 5.98. The number of para-hydroxylation sites is 2. The minimum absolute atomic E-state index is 0.602. The summed E-state index contributed by atoms with van der Waals surface area (Å²) < 4.78 is 12.0. The van der Waals surface area contributed by atoms with Gasteiger partial charge in [-0.05, 0) is 86.3 Å². The van der Waals surface area contributed by atoms with Crippen molar-refractivity contribution in [1.29, 1.82) is 0 Å². The molecule has 0 atom stereocenters. The molecule has 0 N–H and O–H groups in total. The number of unbranched alkanes of at least 4 members (excludes halogenated alkanes) is 2. The van der Waals surface area contributed by atoms with Crippen LogP contribution in [0.3, 0.4) is 0 Å². The lowest BCUT2D eigenvalue weighted by atomic mass is 9.99. The van der Waals surface area contributed by atoms with Crippen molar-refractivity contribution in [1.82, 2.24) is 4.98 Å². The van der Waals surface area contributed by atoms with Gasteiger partial charge in [0.25, 0.3) is 0 Å². The van der Waals surface area contributed by atoms with Gasteiger partial charge in [0.1, 0.15) is 11.5 Å². The van der Waals surface area contributed by atoms with Crippen LogP contribution in [-0.2, 0) is 0 Å². The molecule has 0 fully saturated rings. The molecule has 0 amide bonds. The smallest absolute Gasteiger partial charge is 0.128 e. The van der Waals surface area contributed by atoms with Crippen LogP contribution in [0.4, 0.5) is 5.69 Å². The maximum Gasteiger partial charge on any atom is 0.128 e. The third-order valence-electron chi connectivity index (χ3n) is 6.88. The molecule has 0 saturated carbocycles. The number of nitrogens with zero attached hydrogens (tertiary/aromatic N) is 2.